The number of halogens is 1. The smallest absolute Gasteiger partial charge is 0.374 e. The number of fused-ring (bicyclic) bond motifs is 1. The maximum Gasteiger partial charge on any atom is 0.374 e. The molecule has 7 heteroatoms. The molecule has 0 radical (unpaired) electrons. The van der Waals surface area contributed by atoms with Gasteiger partial charge in [-0.15, -0.1) is 0 Å². The summed E-state index contributed by atoms with van der Waals surface area (Å²) >= 11 is 4.85. The summed E-state index contributed by atoms with van der Waals surface area (Å²) in [7, 11) is 0. The van der Waals surface area contributed by atoms with Gasteiger partial charge in [0.1, 0.15) is 5.58 Å². The summed E-state index contributed by atoms with van der Waals surface area (Å²) in [6.45, 7) is 4.90. The Morgan fingerprint density at radius 1 is 1.42 bits per heavy atom. The van der Waals surface area contributed by atoms with Crippen LogP contribution in [0.15, 0.2) is 32.1 Å². The summed E-state index contributed by atoms with van der Waals surface area (Å²) < 4.78 is 11.7. The minimum atomic E-state index is -0.457. The van der Waals surface area contributed by atoms with Crippen molar-refractivity contribution in [2.24, 2.45) is 10.7 Å². The average Bonchev–Trinajstić information content (AvgIpc) is 2.91. The summed E-state index contributed by atoms with van der Waals surface area (Å²) in [6, 6.07) is 5.63. The highest BCUT2D eigenvalue weighted by molar-refractivity contribution is 9.10. The lowest BCUT2D eigenvalue weighted by molar-refractivity contribution is 0.0491. The number of furan rings is 1. The van der Waals surface area contributed by atoms with Crippen LogP contribution in [-0.4, -0.2) is 24.3 Å². The fraction of sp³-hybridized carbons (Fsp3) is 0.412. The number of thioether (sulfide) groups is 1. The molecule has 0 aliphatic carbocycles. The van der Waals surface area contributed by atoms with E-state index in [0.717, 1.165) is 34.8 Å². The Balaban J connectivity index is 2.28. The highest BCUT2D eigenvalue weighted by atomic mass is 79.9. The van der Waals surface area contributed by atoms with Gasteiger partial charge in [-0.3, -0.25) is 4.99 Å². The number of hydrogen-bond acceptors (Lipinski definition) is 5. The van der Waals surface area contributed by atoms with Crippen molar-refractivity contribution in [2.45, 2.75) is 32.4 Å². The van der Waals surface area contributed by atoms with Crippen molar-refractivity contribution < 1.29 is 13.9 Å². The Labute approximate surface area is 154 Å². The van der Waals surface area contributed by atoms with Gasteiger partial charge in [-0.1, -0.05) is 41.0 Å². The van der Waals surface area contributed by atoms with Gasteiger partial charge in [-0.05, 0) is 31.5 Å². The van der Waals surface area contributed by atoms with Crippen LogP contribution in [0.1, 0.15) is 42.8 Å². The van der Waals surface area contributed by atoms with Crippen LogP contribution in [-0.2, 0) is 10.5 Å². The Hall–Kier alpha value is -1.47. The molecule has 2 N–H and O–H groups in total. The number of unbranched alkanes of at least 4 members (excludes halogenated alkanes) is 1. The Morgan fingerprint density at radius 2 is 2.21 bits per heavy atom. The van der Waals surface area contributed by atoms with E-state index in [-0.39, 0.29) is 5.76 Å². The summed E-state index contributed by atoms with van der Waals surface area (Å²) in [4.78, 5) is 16.5. The molecule has 0 saturated carbocycles. The van der Waals surface area contributed by atoms with Crippen molar-refractivity contribution in [1.29, 1.82) is 0 Å². The quantitative estimate of drug-likeness (QED) is 0.308. The molecule has 2 aromatic rings. The monoisotopic (exact) mass is 412 g/mol. The number of benzene rings is 1. The van der Waals surface area contributed by atoms with E-state index in [4.69, 9.17) is 14.9 Å². The molecule has 0 atom stereocenters. The molecule has 1 heterocycles. The van der Waals surface area contributed by atoms with Crippen LogP contribution in [0.5, 0.6) is 0 Å². The number of nitrogens with two attached hydrogens (primary N) is 1. The van der Waals surface area contributed by atoms with E-state index in [1.54, 1.807) is 6.92 Å². The summed E-state index contributed by atoms with van der Waals surface area (Å²) in [6.07, 6.45) is 2.09. The first-order valence-electron chi connectivity index (χ1n) is 7.87. The van der Waals surface area contributed by atoms with Gasteiger partial charge in [0.25, 0.3) is 0 Å². The third-order valence-corrected chi connectivity index (χ3v) is 4.71. The second-order valence-electron chi connectivity index (χ2n) is 5.13. The van der Waals surface area contributed by atoms with E-state index in [9.17, 15) is 4.79 Å². The van der Waals surface area contributed by atoms with E-state index in [1.807, 2.05) is 18.2 Å². The summed E-state index contributed by atoms with van der Waals surface area (Å²) in [5.41, 5.74) is 7.38. The number of aliphatic imine (C=N–C) groups is 1. The molecule has 24 heavy (non-hydrogen) atoms. The number of hydrogen-bond donors (Lipinski definition) is 1. The number of carbonyl (C=O) groups is 1. The van der Waals surface area contributed by atoms with Gasteiger partial charge in [0.05, 0.1) is 6.61 Å². The van der Waals surface area contributed by atoms with Gasteiger partial charge in [-0.2, -0.15) is 0 Å². The van der Waals surface area contributed by atoms with E-state index < -0.39 is 5.97 Å². The molecule has 0 aliphatic rings. The molecule has 0 fully saturated rings. The van der Waals surface area contributed by atoms with Crippen molar-refractivity contribution in [2.75, 3.05) is 13.2 Å². The summed E-state index contributed by atoms with van der Waals surface area (Å²) in [5, 5.41) is 1.39. The van der Waals surface area contributed by atoms with Crippen LogP contribution < -0.4 is 5.73 Å². The predicted molar refractivity (Wildman–Crippen MR) is 103 cm³/mol. The number of nitrogens with zero attached hydrogens (tertiary/aromatic N) is 1. The maximum absolute atomic E-state index is 12.2. The van der Waals surface area contributed by atoms with Crippen molar-refractivity contribution in [3.63, 3.8) is 0 Å². The fourth-order valence-corrected chi connectivity index (χ4v) is 3.29. The van der Waals surface area contributed by atoms with E-state index in [1.165, 1.54) is 11.8 Å². The third kappa shape index (κ3) is 4.77. The number of carbonyl (C=O) groups excluding carboxylic acids is 1. The van der Waals surface area contributed by atoms with Crippen molar-refractivity contribution in [3.8, 4) is 0 Å². The minimum Gasteiger partial charge on any atom is -0.460 e. The minimum absolute atomic E-state index is 0.235. The molecular formula is C17H21BrN2O3S. The predicted octanol–water partition coefficient (Wildman–Crippen LogP) is 4.72. The molecule has 0 amide bonds. The molecule has 0 unspecified atom stereocenters. The largest absolute Gasteiger partial charge is 0.460 e. The van der Waals surface area contributed by atoms with Gasteiger partial charge in [-0.25, -0.2) is 4.79 Å². The number of rotatable bonds is 7. The van der Waals surface area contributed by atoms with Crippen LogP contribution in [0, 0.1) is 0 Å². The third-order valence-electron chi connectivity index (χ3n) is 3.36. The second kappa shape index (κ2) is 9.13. The molecule has 5 nitrogen and oxygen atoms in total. The maximum atomic E-state index is 12.2. The average molecular weight is 413 g/mol. The Kier molecular flexibility index (Phi) is 7.17. The lowest BCUT2D eigenvalue weighted by Gasteiger charge is -2.04. The fourth-order valence-electron chi connectivity index (χ4n) is 2.16. The van der Waals surface area contributed by atoms with Crippen LogP contribution in [0.2, 0.25) is 0 Å². The van der Waals surface area contributed by atoms with Gasteiger partial charge in [0.15, 0.2) is 5.17 Å². The standard InChI is InChI=1S/C17H21BrN2O3S/c1-3-5-8-20-17(19)24-10-13-12-9-11(18)6-7-14(12)23-15(13)16(21)22-4-2/h6-7,9H,3-5,8,10H2,1-2H3,(H2,19,20). The van der Waals surface area contributed by atoms with E-state index in [2.05, 4.69) is 27.8 Å². The number of amidine groups is 1. The Morgan fingerprint density at radius 3 is 2.92 bits per heavy atom. The molecule has 0 saturated heterocycles. The first-order valence-corrected chi connectivity index (χ1v) is 9.65. The summed E-state index contributed by atoms with van der Waals surface area (Å²) in [5.74, 6) is 0.278. The van der Waals surface area contributed by atoms with Crippen LogP contribution in [0.3, 0.4) is 0 Å². The number of ether oxygens (including phenoxy) is 1. The highest BCUT2D eigenvalue weighted by Gasteiger charge is 2.22. The zero-order valence-corrected chi connectivity index (χ0v) is 16.2. The van der Waals surface area contributed by atoms with Gasteiger partial charge < -0.3 is 14.9 Å². The van der Waals surface area contributed by atoms with Gasteiger partial charge >= 0.3 is 5.97 Å². The Bertz CT molecular complexity index is 743. The molecule has 130 valence electrons. The number of esters is 1. The first kappa shape index (κ1) is 18.9. The molecule has 0 spiro atoms. The van der Waals surface area contributed by atoms with E-state index >= 15 is 0 Å². The lowest BCUT2D eigenvalue weighted by atomic mass is 10.1. The topological polar surface area (TPSA) is 77.8 Å². The SMILES string of the molecule is CCCCN=C(N)SCc1c(C(=O)OCC)oc2ccc(Br)cc12. The second-order valence-corrected chi connectivity index (χ2v) is 7.04. The zero-order chi connectivity index (χ0) is 17.5. The van der Waals surface area contributed by atoms with Crippen molar-refractivity contribution in [1.82, 2.24) is 0 Å². The van der Waals surface area contributed by atoms with E-state index in [0.29, 0.717) is 23.1 Å². The molecule has 1 aromatic carbocycles. The lowest BCUT2D eigenvalue weighted by Crippen LogP contribution is -2.09. The van der Waals surface area contributed by atoms with Gasteiger partial charge in [0.2, 0.25) is 5.76 Å². The van der Waals surface area contributed by atoms with Crippen molar-refractivity contribution in [3.05, 3.63) is 34.0 Å². The molecule has 1 aromatic heterocycles. The molecule has 2 rings (SSSR count). The normalized spacial score (nSPS) is 11.9. The zero-order valence-electron chi connectivity index (χ0n) is 13.8. The van der Waals surface area contributed by atoms with Crippen LogP contribution >= 0.6 is 27.7 Å². The molecule has 0 aliphatic heterocycles. The van der Waals surface area contributed by atoms with Crippen molar-refractivity contribution >= 4 is 49.8 Å². The van der Waals surface area contributed by atoms with Crippen LogP contribution in [0.25, 0.3) is 11.0 Å². The van der Waals surface area contributed by atoms with Crippen LogP contribution in [0.4, 0.5) is 0 Å². The molecular weight excluding hydrogens is 392 g/mol. The highest BCUT2D eigenvalue weighted by Crippen LogP contribution is 2.32. The van der Waals surface area contributed by atoms with Gasteiger partial charge in [0, 0.05) is 27.7 Å². The molecule has 0 bridgehead atoms. The first-order chi connectivity index (χ1) is 11.6.